The topological polar surface area (TPSA) is 105 Å². The Morgan fingerprint density at radius 1 is 1.05 bits per heavy atom. The average Bonchev–Trinajstić information content (AvgIpc) is 3.33. The molecule has 4 rings (SSSR count). The molecule has 2 aromatic rings. The zero-order valence-corrected chi connectivity index (χ0v) is 12.3. The van der Waals surface area contributed by atoms with Crippen LogP contribution in [0.15, 0.2) is 18.2 Å². The molecule has 2 aliphatic rings. The van der Waals surface area contributed by atoms with Crippen LogP contribution in [0, 0.1) is 0 Å². The van der Waals surface area contributed by atoms with Crippen molar-refractivity contribution in [2.75, 3.05) is 11.5 Å². The second-order valence-electron chi connectivity index (χ2n) is 6.09. The van der Waals surface area contributed by atoms with Crippen molar-refractivity contribution in [2.24, 2.45) is 0 Å². The Kier molecular flexibility index (Phi) is 2.47. The maximum Gasteiger partial charge on any atom is 0.109 e. The fourth-order valence-corrected chi connectivity index (χ4v) is 3.61. The second kappa shape index (κ2) is 3.97. The summed E-state index contributed by atoms with van der Waals surface area (Å²) in [5.74, 6) is 0. The minimum atomic E-state index is -0.861. The van der Waals surface area contributed by atoms with Crippen LogP contribution in [0.1, 0.15) is 36.9 Å². The number of nitrogen functional groups attached to an aromatic ring is 2. The van der Waals surface area contributed by atoms with Crippen molar-refractivity contribution in [1.29, 1.82) is 0 Å². The Hall–Kier alpha value is -1.63. The van der Waals surface area contributed by atoms with Crippen LogP contribution in [-0.2, 0) is 11.2 Å². The SMILES string of the molecule is Nc1ccc(-c2cc(C3(O)CC3)c(N)s2)nc1C1(O)CC1. The molecule has 0 atom stereocenters. The predicted octanol–water partition coefficient (Wildman–Crippen LogP) is 1.94. The maximum absolute atomic E-state index is 10.2. The molecule has 6 heteroatoms. The summed E-state index contributed by atoms with van der Waals surface area (Å²) in [4.78, 5) is 5.43. The van der Waals surface area contributed by atoms with Gasteiger partial charge in [0.15, 0.2) is 0 Å². The lowest BCUT2D eigenvalue weighted by molar-refractivity contribution is 0.147. The highest BCUT2D eigenvalue weighted by atomic mass is 32.1. The van der Waals surface area contributed by atoms with Gasteiger partial charge in [0.25, 0.3) is 0 Å². The molecule has 2 aromatic heterocycles. The number of pyridine rings is 1. The number of aromatic nitrogens is 1. The Morgan fingerprint density at radius 2 is 1.71 bits per heavy atom. The standard InChI is InChI=1S/C15H17N3O2S/c16-9-1-2-10(18-12(9)15(20)5-6-15)11-7-8(13(17)21-11)14(19)3-4-14/h1-2,7,19-20H,3-6,16-17H2. The Balaban J connectivity index is 1.77. The van der Waals surface area contributed by atoms with Gasteiger partial charge in [0, 0.05) is 5.56 Å². The first-order valence-electron chi connectivity index (χ1n) is 7.03. The van der Waals surface area contributed by atoms with Gasteiger partial charge in [0.2, 0.25) is 0 Å². The van der Waals surface area contributed by atoms with Gasteiger partial charge in [-0.05, 0) is 43.9 Å². The molecule has 0 bridgehead atoms. The summed E-state index contributed by atoms with van der Waals surface area (Å²) in [6, 6.07) is 5.51. The van der Waals surface area contributed by atoms with Crippen LogP contribution < -0.4 is 11.5 Å². The van der Waals surface area contributed by atoms with Crippen LogP contribution in [0.3, 0.4) is 0 Å². The van der Waals surface area contributed by atoms with E-state index in [0.29, 0.717) is 29.2 Å². The lowest BCUT2D eigenvalue weighted by Gasteiger charge is -2.11. The molecule has 0 aliphatic heterocycles. The van der Waals surface area contributed by atoms with Gasteiger partial charge in [0.05, 0.1) is 32.6 Å². The van der Waals surface area contributed by atoms with Crippen LogP contribution >= 0.6 is 11.3 Å². The average molecular weight is 303 g/mol. The molecule has 2 saturated carbocycles. The number of rotatable bonds is 3. The van der Waals surface area contributed by atoms with Gasteiger partial charge in [-0.15, -0.1) is 11.3 Å². The monoisotopic (exact) mass is 303 g/mol. The third-order valence-electron chi connectivity index (χ3n) is 4.33. The van der Waals surface area contributed by atoms with E-state index in [-0.39, 0.29) is 0 Å². The van der Waals surface area contributed by atoms with Crippen LogP contribution in [0.5, 0.6) is 0 Å². The zero-order valence-electron chi connectivity index (χ0n) is 11.5. The molecular formula is C15H17N3O2S. The summed E-state index contributed by atoms with van der Waals surface area (Å²) in [5, 5.41) is 21.1. The highest BCUT2D eigenvalue weighted by molar-refractivity contribution is 7.19. The fourth-order valence-electron chi connectivity index (χ4n) is 2.62. The number of hydrogen-bond acceptors (Lipinski definition) is 6. The van der Waals surface area contributed by atoms with Gasteiger partial charge < -0.3 is 21.7 Å². The molecule has 0 spiro atoms. The summed E-state index contributed by atoms with van der Waals surface area (Å²) in [6.07, 6.45) is 2.91. The summed E-state index contributed by atoms with van der Waals surface area (Å²) in [7, 11) is 0. The van der Waals surface area contributed by atoms with Gasteiger partial charge >= 0.3 is 0 Å². The van der Waals surface area contributed by atoms with E-state index in [9.17, 15) is 10.2 Å². The minimum absolute atomic E-state index is 0.518. The number of hydrogen-bond donors (Lipinski definition) is 4. The molecule has 2 fully saturated rings. The van der Waals surface area contributed by atoms with E-state index in [4.69, 9.17) is 11.5 Å². The van der Waals surface area contributed by atoms with Crippen LogP contribution in [0.25, 0.3) is 10.6 Å². The highest BCUT2D eigenvalue weighted by Crippen LogP contribution is 2.51. The Bertz CT molecular complexity index is 733. The van der Waals surface area contributed by atoms with Crippen molar-refractivity contribution in [3.8, 4) is 10.6 Å². The smallest absolute Gasteiger partial charge is 0.109 e. The quantitative estimate of drug-likeness (QED) is 0.693. The molecule has 0 radical (unpaired) electrons. The van der Waals surface area contributed by atoms with Gasteiger partial charge in [0.1, 0.15) is 5.60 Å². The van der Waals surface area contributed by atoms with Crippen LogP contribution in [0.4, 0.5) is 10.7 Å². The first kappa shape index (κ1) is 13.1. The minimum Gasteiger partial charge on any atom is -0.397 e. The van der Waals surface area contributed by atoms with Crippen molar-refractivity contribution in [1.82, 2.24) is 4.98 Å². The van der Waals surface area contributed by atoms with Gasteiger partial charge in [-0.1, -0.05) is 0 Å². The molecule has 5 nitrogen and oxygen atoms in total. The lowest BCUT2D eigenvalue weighted by atomic mass is 10.1. The van der Waals surface area contributed by atoms with Gasteiger partial charge in [-0.3, -0.25) is 0 Å². The van der Waals surface area contributed by atoms with E-state index in [0.717, 1.165) is 29.0 Å². The summed E-state index contributed by atoms with van der Waals surface area (Å²) < 4.78 is 0. The number of nitrogens with zero attached hydrogens (tertiary/aromatic N) is 1. The summed E-state index contributed by atoms with van der Waals surface area (Å²) in [5.41, 5.74) is 13.0. The molecule has 2 heterocycles. The molecule has 2 aliphatic carbocycles. The highest BCUT2D eigenvalue weighted by Gasteiger charge is 2.46. The van der Waals surface area contributed by atoms with E-state index in [1.165, 1.54) is 11.3 Å². The van der Waals surface area contributed by atoms with Crippen molar-refractivity contribution in [2.45, 2.75) is 36.9 Å². The lowest BCUT2D eigenvalue weighted by Crippen LogP contribution is -2.11. The molecule has 0 aromatic carbocycles. The Morgan fingerprint density at radius 3 is 2.33 bits per heavy atom. The van der Waals surface area contributed by atoms with Crippen LogP contribution in [0.2, 0.25) is 0 Å². The number of anilines is 2. The third kappa shape index (κ3) is 2.02. The van der Waals surface area contributed by atoms with Gasteiger partial charge in [-0.2, -0.15) is 0 Å². The Labute approximate surface area is 126 Å². The molecule has 6 N–H and O–H groups in total. The predicted molar refractivity (Wildman–Crippen MR) is 82.6 cm³/mol. The molecule has 0 amide bonds. The summed E-state index contributed by atoms with van der Waals surface area (Å²) >= 11 is 1.41. The number of thiophene rings is 1. The maximum atomic E-state index is 10.2. The molecular weight excluding hydrogens is 286 g/mol. The summed E-state index contributed by atoms with van der Waals surface area (Å²) in [6.45, 7) is 0. The van der Waals surface area contributed by atoms with Crippen molar-refractivity contribution < 1.29 is 10.2 Å². The van der Waals surface area contributed by atoms with Gasteiger partial charge in [-0.25, -0.2) is 4.98 Å². The van der Waals surface area contributed by atoms with Crippen molar-refractivity contribution in [3.63, 3.8) is 0 Å². The van der Waals surface area contributed by atoms with E-state index in [2.05, 4.69) is 4.98 Å². The van der Waals surface area contributed by atoms with E-state index >= 15 is 0 Å². The largest absolute Gasteiger partial charge is 0.397 e. The molecule has 110 valence electrons. The first-order valence-corrected chi connectivity index (χ1v) is 7.85. The normalized spacial score (nSPS) is 21.2. The van der Waals surface area contributed by atoms with E-state index in [1.54, 1.807) is 6.07 Å². The first-order chi connectivity index (χ1) is 9.91. The molecule has 21 heavy (non-hydrogen) atoms. The molecule has 0 saturated heterocycles. The second-order valence-corrected chi connectivity index (χ2v) is 7.17. The van der Waals surface area contributed by atoms with Crippen molar-refractivity contribution in [3.05, 3.63) is 29.5 Å². The number of aliphatic hydroxyl groups is 2. The van der Waals surface area contributed by atoms with Crippen LogP contribution in [-0.4, -0.2) is 15.2 Å². The number of nitrogens with two attached hydrogens (primary N) is 2. The van der Waals surface area contributed by atoms with E-state index in [1.807, 2.05) is 12.1 Å². The molecule has 0 unspecified atom stereocenters. The third-order valence-corrected chi connectivity index (χ3v) is 5.32. The fraction of sp³-hybridized carbons (Fsp3) is 0.400. The zero-order chi connectivity index (χ0) is 14.8. The van der Waals surface area contributed by atoms with Crippen molar-refractivity contribution >= 4 is 22.0 Å². The van der Waals surface area contributed by atoms with E-state index < -0.39 is 11.2 Å².